The highest BCUT2D eigenvalue weighted by Crippen LogP contribution is 2.31. The van der Waals surface area contributed by atoms with Gasteiger partial charge in [-0.05, 0) is 36.8 Å². The summed E-state index contributed by atoms with van der Waals surface area (Å²) in [5.74, 6) is -0.290. The van der Waals surface area contributed by atoms with Crippen LogP contribution in [0.25, 0.3) is 0 Å². The molecule has 0 saturated carbocycles. The highest BCUT2D eigenvalue weighted by molar-refractivity contribution is 7.93. The van der Waals surface area contributed by atoms with Crippen molar-refractivity contribution in [2.24, 2.45) is 0 Å². The van der Waals surface area contributed by atoms with Crippen molar-refractivity contribution in [2.75, 3.05) is 27.7 Å². The maximum Gasteiger partial charge on any atom is 0.255 e. The van der Waals surface area contributed by atoms with Crippen LogP contribution in [0.3, 0.4) is 0 Å². The van der Waals surface area contributed by atoms with Gasteiger partial charge in [-0.2, -0.15) is 0 Å². The van der Waals surface area contributed by atoms with Crippen LogP contribution < -0.4 is 15.4 Å². The van der Waals surface area contributed by atoms with Crippen molar-refractivity contribution in [3.8, 4) is 0 Å². The summed E-state index contributed by atoms with van der Waals surface area (Å²) >= 11 is 11.9. The third-order valence-corrected chi connectivity index (χ3v) is 6.33. The molecule has 6 nitrogen and oxygen atoms in total. The van der Waals surface area contributed by atoms with E-state index in [-0.39, 0.29) is 21.5 Å². The topological polar surface area (TPSA) is 92.5 Å². The number of hydrogen-bond donors (Lipinski definition) is 2. The van der Waals surface area contributed by atoms with Gasteiger partial charge in [-0.3, -0.25) is 9.10 Å². The molecule has 1 aliphatic heterocycles. The molecule has 1 amide bonds. The molecule has 25 heavy (non-hydrogen) atoms. The van der Waals surface area contributed by atoms with E-state index in [4.69, 9.17) is 28.9 Å². The Bertz CT molecular complexity index is 924. The minimum absolute atomic E-state index is 0.117. The van der Waals surface area contributed by atoms with Gasteiger partial charge >= 0.3 is 0 Å². The van der Waals surface area contributed by atoms with Gasteiger partial charge < -0.3 is 11.1 Å². The van der Waals surface area contributed by atoms with Crippen LogP contribution in [0, 0.1) is 0 Å². The second kappa shape index (κ2) is 6.74. The molecule has 132 valence electrons. The number of carbonyl (C=O) groups is 1. The molecular formula is C16H15Cl2N3O3S. The monoisotopic (exact) mass is 399 g/mol. The molecule has 3 rings (SSSR count). The van der Waals surface area contributed by atoms with Crippen LogP contribution in [-0.2, 0) is 10.0 Å². The number of amides is 1. The van der Waals surface area contributed by atoms with Gasteiger partial charge in [-0.25, -0.2) is 8.42 Å². The lowest BCUT2D eigenvalue weighted by Crippen LogP contribution is -2.25. The summed E-state index contributed by atoms with van der Waals surface area (Å²) in [5, 5.41) is 3.15. The van der Waals surface area contributed by atoms with E-state index >= 15 is 0 Å². The van der Waals surface area contributed by atoms with Gasteiger partial charge in [-0.15, -0.1) is 0 Å². The molecule has 1 saturated heterocycles. The van der Waals surface area contributed by atoms with Crippen LogP contribution in [0.4, 0.5) is 17.1 Å². The molecule has 9 heteroatoms. The molecule has 1 aliphatic rings. The number of nitrogens with one attached hydrogen (secondary N) is 1. The zero-order valence-corrected chi connectivity index (χ0v) is 15.3. The average molecular weight is 400 g/mol. The quantitative estimate of drug-likeness (QED) is 0.773. The van der Waals surface area contributed by atoms with E-state index in [1.165, 1.54) is 16.4 Å². The maximum atomic E-state index is 12.5. The van der Waals surface area contributed by atoms with Gasteiger partial charge in [0.1, 0.15) is 0 Å². The van der Waals surface area contributed by atoms with E-state index in [1.54, 1.807) is 24.3 Å². The molecule has 1 fully saturated rings. The van der Waals surface area contributed by atoms with Gasteiger partial charge in [0, 0.05) is 17.8 Å². The molecule has 2 aromatic rings. The Kier molecular flexibility index (Phi) is 4.81. The third kappa shape index (κ3) is 3.68. The zero-order valence-electron chi connectivity index (χ0n) is 13.0. The van der Waals surface area contributed by atoms with Crippen molar-refractivity contribution in [2.45, 2.75) is 6.42 Å². The smallest absolute Gasteiger partial charge is 0.255 e. The van der Waals surface area contributed by atoms with Crippen LogP contribution in [0.5, 0.6) is 0 Å². The van der Waals surface area contributed by atoms with E-state index in [0.717, 1.165) is 0 Å². The summed E-state index contributed by atoms with van der Waals surface area (Å²) in [6, 6.07) is 9.43. The largest absolute Gasteiger partial charge is 0.396 e. The van der Waals surface area contributed by atoms with E-state index in [1.807, 2.05) is 0 Å². The zero-order chi connectivity index (χ0) is 18.2. The maximum absolute atomic E-state index is 12.5. The van der Waals surface area contributed by atoms with Crippen molar-refractivity contribution in [1.29, 1.82) is 0 Å². The Morgan fingerprint density at radius 1 is 1.16 bits per heavy atom. The van der Waals surface area contributed by atoms with Crippen molar-refractivity contribution in [3.63, 3.8) is 0 Å². The number of sulfonamides is 1. The summed E-state index contributed by atoms with van der Waals surface area (Å²) in [6.45, 7) is 0.413. The molecule has 0 aromatic heterocycles. The Morgan fingerprint density at radius 2 is 1.84 bits per heavy atom. The molecule has 0 aliphatic carbocycles. The summed E-state index contributed by atoms with van der Waals surface area (Å²) in [7, 11) is -3.30. The van der Waals surface area contributed by atoms with Crippen molar-refractivity contribution >= 4 is 56.2 Å². The number of nitrogen functional groups attached to an aromatic ring is 1. The van der Waals surface area contributed by atoms with Crippen molar-refractivity contribution < 1.29 is 13.2 Å². The van der Waals surface area contributed by atoms with Crippen molar-refractivity contribution in [3.05, 3.63) is 52.0 Å². The summed E-state index contributed by atoms with van der Waals surface area (Å²) in [4.78, 5) is 12.5. The van der Waals surface area contributed by atoms with Crippen LogP contribution >= 0.6 is 23.2 Å². The summed E-state index contributed by atoms with van der Waals surface area (Å²) < 4.78 is 25.4. The minimum Gasteiger partial charge on any atom is -0.396 e. The Labute approximate surface area is 155 Å². The Morgan fingerprint density at radius 3 is 2.44 bits per heavy atom. The highest BCUT2D eigenvalue weighted by Gasteiger charge is 2.28. The highest BCUT2D eigenvalue weighted by atomic mass is 35.5. The number of benzene rings is 2. The van der Waals surface area contributed by atoms with Gasteiger partial charge in [-0.1, -0.05) is 29.3 Å². The van der Waals surface area contributed by atoms with Crippen LogP contribution in [0.15, 0.2) is 36.4 Å². The molecule has 0 radical (unpaired) electrons. The van der Waals surface area contributed by atoms with Gasteiger partial charge in [0.05, 0.1) is 27.2 Å². The number of carbonyl (C=O) groups excluding carboxylic acids is 1. The lowest BCUT2D eigenvalue weighted by Gasteiger charge is -2.17. The number of nitrogens with zero attached hydrogens (tertiary/aromatic N) is 1. The molecule has 0 unspecified atom stereocenters. The lowest BCUT2D eigenvalue weighted by atomic mass is 10.1. The van der Waals surface area contributed by atoms with Crippen LogP contribution in [0.2, 0.25) is 10.0 Å². The second-order valence-electron chi connectivity index (χ2n) is 5.60. The predicted molar refractivity (Wildman–Crippen MR) is 101 cm³/mol. The minimum atomic E-state index is -3.30. The van der Waals surface area contributed by atoms with Crippen LogP contribution in [0.1, 0.15) is 16.8 Å². The van der Waals surface area contributed by atoms with Gasteiger partial charge in [0.25, 0.3) is 5.91 Å². The van der Waals surface area contributed by atoms with E-state index in [9.17, 15) is 13.2 Å². The fourth-order valence-corrected chi connectivity index (χ4v) is 4.63. The fourth-order valence-electron chi connectivity index (χ4n) is 2.59. The molecule has 2 aromatic carbocycles. The molecule has 1 heterocycles. The Balaban J connectivity index is 1.85. The first-order valence-electron chi connectivity index (χ1n) is 7.44. The first-order chi connectivity index (χ1) is 11.8. The molecular weight excluding hydrogens is 385 g/mol. The number of halogens is 2. The van der Waals surface area contributed by atoms with Gasteiger partial charge in [0.15, 0.2) is 0 Å². The SMILES string of the molecule is Nc1c(Cl)cc(NC(=O)c2cccc(N3CCCS3(=O)=O)c2)cc1Cl. The second-order valence-corrected chi connectivity index (χ2v) is 8.43. The number of nitrogens with two attached hydrogens (primary N) is 1. The summed E-state index contributed by atoms with van der Waals surface area (Å²) in [5.41, 5.74) is 7.10. The van der Waals surface area contributed by atoms with E-state index in [0.29, 0.717) is 29.9 Å². The first kappa shape index (κ1) is 17.8. The number of anilines is 3. The normalized spacial score (nSPS) is 16.0. The molecule has 0 atom stereocenters. The lowest BCUT2D eigenvalue weighted by molar-refractivity contribution is 0.102. The standard InChI is InChI=1S/C16H15Cl2N3O3S/c17-13-8-11(9-14(18)15(13)19)20-16(22)10-3-1-4-12(7-10)21-5-2-6-25(21,23)24/h1,3-4,7-9H,2,5-6,19H2,(H,20,22). The molecule has 0 bridgehead atoms. The molecule has 0 spiro atoms. The van der Waals surface area contributed by atoms with E-state index < -0.39 is 15.9 Å². The first-order valence-corrected chi connectivity index (χ1v) is 9.81. The van der Waals surface area contributed by atoms with Crippen molar-refractivity contribution in [1.82, 2.24) is 0 Å². The number of hydrogen-bond acceptors (Lipinski definition) is 4. The molecule has 3 N–H and O–H groups in total. The fraction of sp³-hybridized carbons (Fsp3) is 0.188. The Hall–Kier alpha value is -1.96. The number of rotatable bonds is 3. The van der Waals surface area contributed by atoms with Crippen LogP contribution in [-0.4, -0.2) is 26.6 Å². The third-order valence-electron chi connectivity index (χ3n) is 3.83. The van der Waals surface area contributed by atoms with E-state index in [2.05, 4.69) is 5.32 Å². The summed E-state index contributed by atoms with van der Waals surface area (Å²) in [6.07, 6.45) is 0.571. The average Bonchev–Trinajstić information content (AvgIpc) is 2.92. The predicted octanol–water partition coefficient (Wildman–Crippen LogP) is 3.37. The van der Waals surface area contributed by atoms with Gasteiger partial charge in [0.2, 0.25) is 10.0 Å².